The Balaban J connectivity index is 1.44. The van der Waals surface area contributed by atoms with Gasteiger partial charge in [-0.25, -0.2) is 4.79 Å². The summed E-state index contributed by atoms with van der Waals surface area (Å²) in [6, 6.07) is 10.2. The largest absolute Gasteiger partial charge is 0.424 e. The van der Waals surface area contributed by atoms with E-state index in [9.17, 15) is 4.79 Å². The SMILES string of the molecule is CN(C)C(=O)N1CCn2nc(CNc3nc4ccccc4o3)cc2C1. The zero-order chi connectivity index (χ0) is 17.4. The number of oxazole rings is 1. The van der Waals surface area contributed by atoms with Crippen LogP contribution in [0.3, 0.4) is 0 Å². The minimum Gasteiger partial charge on any atom is -0.424 e. The zero-order valence-corrected chi connectivity index (χ0v) is 14.3. The van der Waals surface area contributed by atoms with Gasteiger partial charge in [-0.15, -0.1) is 0 Å². The van der Waals surface area contributed by atoms with Crippen LogP contribution < -0.4 is 5.32 Å². The van der Waals surface area contributed by atoms with Crippen molar-refractivity contribution < 1.29 is 9.21 Å². The lowest BCUT2D eigenvalue weighted by atomic mass is 10.3. The molecule has 0 atom stereocenters. The predicted octanol–water partition coefficient (Wildman–Crippen LogP) is 2.13. The third-order valence-corrected chi connectivity index (χ3v) is 4.22. The Kier molecular flexibility index (Phi) is 3.79. The summed E-state index contributed by atoms with van der Waals surface area (Å²) in [6.07, 6.45) is 0. The van der Waals surface area contributed by atoms with Crippen LogP contribution in [-0.4, -0.2) is 51.2 Å². The molecule has 1 aliphatic rings. The van der Waals surface area contributed by atoms with Crippen LogP contribution in [0.2, 0.25) is 0 Å². The molecule has 3 aromatic rings. The van der Waals surface area contributed by atoms with Gasteiger partial charge in [0, 0.05) is 20.6 Å². The smallest absolute Gasteiger partial charge is 0.319 e. The van der Waals surface area contributed by atoms with E-state index >= 15 is 0 Å². The number of carbonyl (C=O) groups excluding carboxylic acids is 1. The van der Waals surface area contributed by atoms with E-state index in [0.29, 0.717) is 32.2 Å². The van der Waals surface area contributed by atoms with Crippen LogP contribution in [0.15, 0.2) is 34.7 Å². The number of nitrogens with zero attached hydrogens (tertiary/aromatic N) is 5. The van der Waals surface area contributed by atoms with E-state index < -0.39 is 0 Å². The summed E-state index contributed by atoms with van der Waals surface area (Å²) in [4.78, 5) is 19.9. The Hall–Kier alpha value is -3.03. The molecule has 2 aromatic heterocycles. The normalized spacial score (nSPS) is 13.8. The molecule has 0 saturated heterocycles. The average Bonchev–Trinajstić information content (AvgIpc) is 3.21. The Morgan fingerprint density at radius 2 is 2.16 bits per heavy atom. The van der Waals surface area contributed by atoms with E-state index in [-0.39, 0.29) is 6.03 Å². The first kappa shape index (κ1) is 15.5. The van der Waals surface area contributed by atoms with E-state index in [4.69, 9.17) is 4.42 Å². The Morgan fingerprint density at radius 1 is 1.32 bits per heavy atom. The van der Waals surface area contributed by atoms with Crippen molar-refractivity contribution in [2.24, 2.45) is 0 Å². The Bertz CT molecular complexity index is 880. The molecular formula is C17H20N6O2. The number of benzene rings is 1. The summed E-state index contributed by atoms with van der Waals surface area (Å²) in [5, 5.41) is 7.76. The number of amides is 2. The molecular weight excluding hydrogens is 320 g/mol. The van der Waals surface area contributed by atoms with E-state index in [1.807, 2.05) is 39.9 Å². The first-order chi connectivity index (χ1) is 12.1. The van der Waals surface area contributed by atoms with Gasteiger partial charge in [0.15, 0.2) is 5.58 Å². The lowest BCUT2D eigenvalue weighted by Gasteiger charge is -2.29. The highest BCUT2D eigenvalue weighted by molar-refractivity contribution is 5.74. The van der Waals surface area contributed by atoms with Crippen molar-refractivity contribution in [2.45, 2.75) is 19.6 Å². The van der Waals surface area contributed by atoms with Crippen LogP contribution in [0, 0.1) is 0 Å². The van der Waals surface area contributed by atoms with Gasteiger partial charge >= 0.3 is 6.03 Å². The number of carbonyl (C=O) groups is 1. The van der Waals surface area contributed by atoms with Crippen molar-refractivity contribution in [3.63, 3.8) is 0 Å². The molecule has 1 N–H and O–H groups in total. The van der Waals surface area contributed by atoms with Crippen molar-refractivity contribution in [1.82, 2.24) is 24.6 Å². The van der Waals surface area contributed by atoms with Crippen LogP contribution >= 0.6 is 0 Å². The van der Waals surface area contributed by atoms with Crippen LogP contribution in [0.5, 0.6) is 0 Å². The molecule has 0 spiro atoms. The predicted molar refractivity (Wildman–Crippen MR) is 93.1 cm³/mol. The fourth-order valence-electron chi connectivity index (χ4n) is 2.97. The number of para-hydroxylation sites is 2. The number of anilines is 1. The fraction of sp³-hybridized carbons (Fsp3) is 0.353. The zero-order valence-electron chi connectivity index (χ0n) is 14.3. The number of urea groups is 1. The summed E-state index contributed by atoms with van der Waals surface area (Å²) in [7, 11) is 3.54. The molecule has 3 heterocycles. The second kappa shape index (κ2) is 6.12. The minimum absolute atomic E-state index is 0.0265. The summed E-state index contributed by atoms with van der Waals surface area (Å²) >= 11 is 0. The van der Waals surface area contributed by atoms with Gasteiger partial charge in [-0.2, -0.15) is 10.1 Å². The molecule has 8 heteroatoms. The van der Waals surface area contributed by atoms with E-state index in [1.54, 1.807) is 19.0 Å². The number of hydrogen-bond acceptors (Lipinski definition) is 5. The van der Waals surface area contributed by atoms with Gasteiger partial charge in [0.1, 0.15) is 5.52 Å². The molecule has 8 nitrogen and oxygen atoms in total. The van der Waals surface area contributed by atoms with Crippen molar-refractivity contribution in [3.05, 3.63) is 41.7 Å². The molecule has 1 aromatic carbocycles. The first-order valence-electron chi connectivity index (χ1n) is 8.21. The number of fused-ring (bicyclic) bond motifs is 2. The molecule has 0 aliphatic carbocycles. The lowest BCUT2D eigenvalue weighted by molar-refractivity contribution is 0.155. The molecule has 25 heavy (non-hydrogen) atoms. The summed E-state index contributed by atoms with van der Waals surface area (Å²) < 4.78 is 7.61. The number of rotatable bonds is 3. The van der Waals surface area contributed by atoms with E-state index in [0.717, 1.165) is 22.5 Å². The highest BCUT2D eigenvalue weighted by Gasteiger charge is 2.23. The molecule has 4 rings (SSSR count). The highest BCUT2D eigenvalue weighted by atomic mass is 16.4. The third kappa shape index (κ3) is 3.02. The molecule has 0 saturated carbocycles. The van der Waals surface area contributed by atoms with Gasteiger partial charge in [-0.3, -0.25) is 4.68 Å². The van der Waals surface area contributed by atoms with Crippen LogP contribution in [0.1, 0.15) is 11.4 Å². The second-order valence-electron chi connectivity index (χ2n) is 6.29. The van der Waals surface area contributed by atoms with E-state index in [1.165, 1.54) is 0 Å². The number of aromatic nitrogens is 3. The van der Waals surface area contributed by atoms with E-state index in [2.05, 4.69) is 15.4 Å². The highest BCUT2D eigenvalue weighted by Crippen LogP contribution is 2.19. The van der Waals surface area contributed by atoms with Gasteiger partial charge in [-0.1, -0.05) is 12.1 Å². The third-order valence-electron chi connectivity index (χ3n) is 4.22. The number of hydrogen-bond donors (Lipinski definition) is 1. The maximum Gasteiger partial charge on any atom is 0.319 e. The van der Waals surface area contributed by atoms with Gasteiger partial charge < -0.3 is 19.5 Å². The van der Waals surface area contributed by atoms with Crippen LogP contribution in [0.4, 0.5) is 10.8 Å². The standard InChI is InChI=1S/C17H20N6O2/c1-21(2)17(24)22-7-8-23-13(11-22)9-12(20-23)10-18-16-19-14-5-3-4-6-15(14)25-16/h3-6,9H,7-8,10-11H2,1-2H3,(H,18,19). The van der Waals surface area contributed by atoms with Crippen molar-refractivity contribution in [2.75, 3.05) is 26.0 Å². The monoisotopic (exact) mass is 340 g/mol. The van der Waals surface area contributed by atoms with Crippen molar-refractivity contribution in [3.8, 4) is 0 Å². The maximum atomic E-state index is 12.1. The molecule has 1 aliphatic heterocycles. The molecule has 130 valence electrons. The Labute approximate surface area is 145 Å². The number of nitrogens with one attached hydrogen (secondary N) is 1. The topological polar surface area (TPSA) is 79.4 Å². The molecule has 0 radical (unpaired) electrons. The Morgan fingerprint density at radius 3 is 2.96 bits per heavy atom. The maximum absolute atomic E-state index is 12.1. The first-order valence-corrected chi connectivity index (χ1v) is 8.21. The molecule has 0 unspecified atom stereocenters. The summed E-state index contributed by atoms with van der Waals surface area (Å²) in [5.41, 5.74) is 3.52. The minimum atomic E-state index is 0.0265. The van der Waals surface area contributed by atoms with Crippen molar-refractivity contribution >= 4 is 23.1 Å². The van der Waals surface area contributed by atoms with Crippen molar-refractivity contribution in [1.29, 1.82) is 0 Å². The van der Waals surface area contributed by atoms with Gasteiger partial charge in [0.05, 0.1) is 31.0 Å². The molecule has 2 amide bonds. The van der Waals surface area contributed by atoms with Gasteiger partial charge in [-0.05, 0) is 18.2 Å². The summed E-state index contributed by atoms with van der Waals surface area (Å²) in [6.45, 7) is 2.48. The molecule has 0 fully saturated rings. The fourth-order valence-corrected chi connectivity index (χ4v) is 2.97. The molecule has 0 bridgehead atoms. The average molecular weight is 340 g/mol. The second-order valence-corrected chi connectivity index (χ2v) is 6.29. The summed E-state index contributed by atoms with van der Waals surface area (Å²) in [5.74, 6) is 0. The van der Waals surface area contributed by atoms with Crippen LogP contribution in [0.25, 0.3) is 11.1 Å². The van der Waals surface area contributed by atoms with Gasteiger partial charge in [0.2, 0.25) is 0 Å². The van der Waals surface area contributed by atoms with Crippen LogP contribution in [-0.2, 0) is 19.6 Å². The van der Waals surface area contributed by atoms with Gasteiger partial charge in [0.25, 0.3) is 6.01 Å². The lowest BCUT2D eigenvalue weighted by Crippen LogP contribution is -2.43. The quantitative estimate of drug-likeness (QED) is 0.790.